The fourth-order valence-electron chi connectivity index (χ4n) is 6.81. The van der Waals surface area contributed by atoms with Crippen molar-refractivity contribution in [3.63, 3.8) is 0 Å². The quantitative estimate of drug-likeness (QED) is 0.126. The Morgan fingerprint density at radius 1 is 0.963 bits per heavy atom. The number of hydrogen-bond acceptors (Lipinski definition) is 7. The van der Waals surface area contributed by atoms with Gasteiger partial charge in [-0.15, -0.1) is 0 Å². The smallest absolute Gasteiger partial charge is 0.410 e. The van der Waals surface area contributed by atoms with E-state index in [4.69, 9.17) is 17.0 Å². The fourth-order valence-corrected chi connectivity index (χ4v) is 6.81. The molecule has 7 rings (SSSR count). The molecule has 1 aliphatic carbocycles. The lowest BCUT2D eigenvalue weighted by Crippen LogP contribution is -2.42. The molecule has 2 fully saturated rings. The summed E-state index contributed by atoms with van der Waals surface area (Å²) in [6, 6.07) is 12.9. The minimum Gasteiger partial charge on any atom is -0.444 e. The van der Waals surface area contributed by atoms with Gasteiger partial charge in [-0.25, -0.2) is 27.9 Å². The van der Waals surface area contributed by atoms with Crippen LogP contribution in [0.2, 0.25) is 0 Å². The SMILES string of the molecule is [C-]#[N+]c1c(C2CC2)cc(C(=O)Cc2ccc(-c3cc(-c4cnn(C5CCN(C(=O)OC(C)(C)C)CC5)c4)cnc3N)c(F)c2)c(=O)n1-c1ccc(F)cc1. The molecular weight excluding hydrogens is 692 g/mol. The molecule has 0 spiro atoms. The lowest BCUT2D eigenvalue weighted by molar-refractivity contribution is 0.0184. The number of hydrogen-bond donors (Lipinski definition) is 1. The average molecular weight is 732 g/mol. The summed E-state index contributed by atoms with van der Waals surface area (Å²) >= 11 is 0. The number of likely N-dealkylation sites (tertiary alicyclic amines) is 1. The average Bonchev–Trinajstić information content (AvgIpc) is 3.87. The van der Waals surface area contributed by atoms with E-state index in [2.05, 4.69) is 14.9 Å². The number of ether oxygens (including phenoxy) is 1. The monoisotopic (exact) mass is 731 g/mol. The van der Waals surface area contributed by atoms with Crippen LogP contribution >= 0.6 is 0 Å². The number of pyridine rings is 2. The lowest BCUT2D eigenvalue weighted by atomic mass is 9.97. The molecule has 2 N–H and O–H groups in total. The number of carbonyl (C=O) groups is 2. The Bertz CT molecular complexity index is 2360. The van der Waals surface area contributed by atoms with Crippen LogP contribution in [-0.2, 0) is 11.2 Å². The molecular formula is C41H39F2N7O4. The molecule has 1 saturated heterocycles. The summed E-state index contributed by atoms with van der Waals surface area (Å²) in [4.78, 5) is 49.5. The second-order valence-electron chi connectivity index (χ2n) is 14.8. The van der Waals surface area contributed by atoms with Crippen molar-refractivity contribution in [1.29, 1.82) is 0 Å². The van der Waals surface area contributed by atoms with Gasteiger partial charge in [-0.05, 0) is 106 Å². The number of benzene rings is 2. The van der Waals surface area contributed by atoms with Crippen LogP contribution in [0.5, 0.6) is 0 Å². The Balaban J connectivity index is 1.09. The number of nitrogen functional groups attached to an aromatic ring is 1. The molecule has 276 valence electrons. The first-order valence-electron chi connectivity index (χ1n) is 17.8. The number of aromatic nitrogens is 4. The second-order valence-corrected chi connectivity index (χ2v) is 14.8. The van der Waals surface area contributed by atoms with Gasteiger partial charge in [0.2, 0.25) is 5.82 Å². The Hall–Kier alpha value is -6.16. The van der Waals surface area contributed by atoms with E-state index >= 15 is 4.39 Å². The first-order valence-corrected chi connectivity index (χ1v) is 17.8. The number of nitrogens with zero attached hydrogens (tertiary/aromatic N) is 6. The van der Waals surface area contributed by atoms with Gasteiger partial charge in [0, 0.05) is 54.2 Å². The first kappa shape index (κ1) is 36.2. The number of anilines is 1. The van der Waals surface area contributed by atoms with Crippen LogP contribution in [0.3, 0.4) is 0 Å². The molecule has 11 nitrogen and oxygen atoms in total. The van der Waals surface area contributed by atoms with Crippen molar-refractivity contribution in [2.75, 3.05) is 18.8 Å². The van der Waals surface area contributed by atoms with Crippen LogP contribution in [0.15, 0.2) is 78.0 Å². The highest BCUT2D eigenvalue weighted by atomic mass is 19.1. The molecule has 0 bridgehead atoms. The number of rotatable bonds is 8. The molecule has 3 aromatic heterocycles. The summed E-state index contributed by atoms with van der Waals surface area (Å²) in [5.74, 6) is -1.39. The van der Waals surface area contributed by atoms with Crippen molar-refractivity contribution < 1.29 is 23.1 Å². The number of amides is 1. The van der Waals surface area contributed by atoms with E-state index in [1.54, 1.807) is 29.4 Å². The zero-order valence-corrected chi connectivity index (χ0v) is 30.2. The van der Waals surface area contributed by atoms with Crippen molar-refractivity contribution in [2.24, 2.45) is 0 Å². The largest absolute Gasteiger partial charge is 0.444 e. The van der Waals surface area contributed by atoms with Gasteiger partial charge in [0.25, 0.3) is 0 Å². The second kappa shape index (κ2) is 14.3. The van der Waals surface area contributed by atoms with Gasteiger partial charge in [0.15, 0.2) is 5.78 Å². The van der Waals surface area contributed by atoms with Gasteiger partial charge in [-0.1, -0.05) is 18.7 Å². The Morgan fingerprint density at radius 2 is 1.69 bits per heavy atom. The minimum atomic E-state index is -0.690. The maximum absolute atomic E-state index is 15.8. The maximum atomic E-state index is 15.8. The topological polar surface area (TPSA) is 130 Å². The number of carbonyl (C=O) groups excluding carboxylic acids is 2. The predicted octanol–water partition coefficient (Wildman–Crippen LogP) is 8.05. The standard InChI is InChI=1S/C41H39F2N7O4/c1-41(2,3)54-40(53)48-15-13-29(14-16-48)49-23-27(22-47-49)26-19-33(37(44)46-21-26)31-12-5-24(17-35(31)43)18-36(51)34-20-32(25-6-7-25)38(45-4)50(39(34)52)30-10-8-28(42)9-11-30/h5,8-12,17,19-23,25,29H,6-7,13-16,18H2,1-3H3,(H2,44,46). The fraction of sp³-hybridized carbons (Fsp3) is 0.317. The van der Waals surface area contributed by atoms with Gasteiger partial charge in [0.05, 0.1) is 12.2 Å². The zero-order chi connectivity index (χ0) is 38.3. The summed E-state index contributed by atoms with van der Waals surface area (Å²) in [6.45, 7) is 14.4. The van der Waals surface area contributed by atoms with Crippen molar-refractivity contribution in [1.82, 2.24) is 24.2 Å². The third-order valence-corrected chi connectivity index (χ3v) is 9.74. The molecule has 1 amide bonds. The number of halogens is 2. The van der Waals surface area contributed by atoms with Crippen LogP contribution in [0, 0.1) is 18.2 Å². The van der Waals surface area contributed by atoms with E-state index in [0.29, 0.717) is 48.2 Å². The van der Waals surface area contributed by atoms with Crippen LogP contribution in [0.25, 0.3) is 32.8 Å². The van der Waals surface area contributed by atoms with Crippen LogP contribution < -0.4 is 11.3 Å². The molecule has 54 heavy (non-hydrogen) atoms. The van der Waals surface area contributed by atoms with Crippen molar-refractivity contribution in [3.05, 3.63) is 123 Å². The molecule has 1 saturated carbocycles. The first-order chi connectivity index (χ1) is 25.8. The van der Waals surface area contributed by atoms with E-state index in [1.165, 1.54) is 47.0 Å². The third-order valence-electron chi connectivity index (χ3n) is 9.74. The van der Waals surface area contributed by atoms with Crippen LogP contribution in [0.1, 0.15) is 79.9 Å². The lowest BCUT2D eigenvalue weighted by Gasteiger charge is -2.33. The third kappa shape index (κ3) is 7.50. The molecule has 13 heteroatoms. The molecule has 4 heterocycles. The molecule has 0 radical (unpaired) electrons. The Labute approximate surface area is 310 Å². The molecule has 5 aromatic rings. The highest BCUT2D eigenvalue weighted by molar-refractivity contribution is 5.98. The van der Waals surface area contributed by atoms with Crippen LogP contribution in [0.4, 0.5) is 25.2 Å². The van der Waals surface area contributed by atoms with E-state index in [0.717, 1.165) is 18.4 Å². The van der Waals surface area contributed by atoms with E-state index < -0.39 is 28.6 Å². The van der Waals surface area contributed by atoms with Crippen LogP contribution in [-0.4, -0.2) is 54.8 Å². The molecule has 0 atom stereocenters. The van der Waals surface area contributed by atoms with Crippen molar-refractivity contribution in [2.45, 2.75) is 70.4 Å². The van der Waals surface area contributed by atoms with Gasteiger partial charge >= 0.3 is 11.7 Å². The van der Waals surface area contributed by atoms with E-state index in [-0.39, 0.29) is 52.9 Å². The van der Waals surface area contributed by atoms with E-state index in [9.17, 15) is 18.8 Å². The Morgan fingerprint density at radius 3 is 2.33 bits per heavy atom. The van der Waals surface area contributed by atoms with Gasteiger partial charge < -0.3 is 20.2 Å². The highest BCUT2D eigenvalue weighted by Crippen LogP contribution is 2.45. The predicted molar refractivity (Wildman–Crippen MR) is 200 cm³/mol. The molecule has 1 aliphatic heterocycles. The summed E-state index contributed by atoms with van der Waals surface area (Å²) in [6.07, 6.45) is 7.70. The van der Waals surface area contributed by atoms with Crippen molar-refractivity contribution >= 4 is 23.5 Å². The summed E-state index contributed by atoms with van der Waals surface area (Å²) in [5.41, 5.74) is 8.10. The number of ketones is 1. The summed E-state index contributed by atoms with van der Waals surface area (Å²) in [5, 5.41) is 4.58. The Kier molecular flexibility index (Phi) is 9.62. The zero-order valence-electron chi connectivity index (χ0n) is 30.2. The minimum absolute atomic E-state index is 0.0397. The number of nitrogens with two attached hydrogens (primary N) is 1. The normalized spacial score (nSPS) is 14.9. The number of piperidine rings is 1. The van der Waals surface area contributed by atoms with Gasteiger partial charge in [0.1, 0.15) is 34.3 Å². The molecule has 0 unspecified atom stereocenters. The van der Waals surface area contributed by atoms with E-state index in [1.807, 2.05) is 31.6 Å². The van der Waals surface area contributed by atoms with Gasteiger partial charge in [-0.3, -0.25) is 9.48 Å². The summed E-state index contributed by atoms with van der Waals surface area (Å²) < 4.78 is 38.1. The van der Waals surface area contributed by atoms with Gasteiger partial charge in [-0.2, -0.15) is 5.10 Å². The number of Topliss-reactive ketones (excluding diaryl/α,β-unsaturated/α-hetero) is 1. The maximum Gasteiger partial charge on any atom is 0.410 e. The van der Waals surface area contributed by atoms with Crippen molar-refractivity contribution in [3.8, 4) is 27.9 Å². The highest BCUT2D eigenvalue weighted by Gasteiger charge is 2.32. The summed E-state index contributed by atoms with van der Waals surface area (Å²) in [7, 11) is 0. The molecule has 2 aromatic carbocycles. The molecule has 2 aliphatic rings.